The van der Waals surface area contributed by atoms with Crippen LogP contribution in [0.3, 0.4) is 0 Å². The second-order valence-corrected chi connectivity index (χ2v) is 5.29. The summed E-state index contributed by atoms with van der Waals surface area (Å²) in [4.78, 5) is 0. The van der Waals surface area contributed by atoms with Gasteiger partial charge in [-0.1, -0.05) is 30.3 Å². The molecule has 0 unspecified atom stereocenters. The quantitative estimate of drug-likeness (QED) is 0.915. The molecule has 2 rings (SSSR count). The number of benzene rings is 2. The molecule has 0 aliphatic carbocycles. The average molecular weight is 275 g/mol. The molecule has 2 aromatic rings. The van der Waals surface area contributed by atoms with Gasteiger partial charge in [0.15, 0.2) is 0 Å². The van der Waals surface area contributed by atoms with Crippen molar-refractivity contribution in [2.75, 3.05) is 4.72 Å². The van der Waals surface area contributed by atoms with Crippen LogP contribution in [-0.2, 0) is 10.0 Å². The number of rotatable bonds is 2. The molecule has 0 fully saturated rings. The fourth-order valence-corrected chi connectivity index (χ4v) is 2.02. The summed E-state index contributed by atoms with van der Waals surface area (Å²) in [5.41, 5.74) is -5.44. The van der Waals surface area contributed by atoms with Crippen LogP contribution in [-0.4, -0.2) is 13.9 Å². The zero-order valence-electron chi connectivity index (χ0n) is 8.90. The van der Waals surface area contributed by atoms with E-state index in [-0.39, 0.29) is 5.69 Å². The van der Waals surface area contributed by atoms with Gasteiger partial charge in [-0.05, 0) is 22.9 Å². The highest BCUT2D eigenvalue weighted by atomic mass is 32.2. The molecular weight excluding hydrogens is 267 g/mol. The minimum absolute atomic E-state index is 0.119. The Morgan fingerprint density at radius 2 is 1.56 bits per heavy atom. The van der Waals surface area contributed by atoms with Crippen LogP contribution in [0.2, 0.25) is 0 Å². The lowest BCUT2D eigenvalue weighted by Gasteiger charge is -2.10. The van der Waals surface area contributed by atoms with Crippen molar-refractivity contribution in [3.05, 3.63) is 42.5 Å². The summed E-state index contributed by atoms with van der Waals surface area (Å²) >= 11 is 0. The molecule has 0 saturated heterocycles. The summed E-state index contributed by atoms with van der Waals surface area (Å²) < 4.78 is 59.9. The molecule has 0 aliphatic heterocycles. The van der Waals surface area contributed by atoms with E-state index in [0.717, 1.165) is 5.39 Å². The third-order valence-electron chi connectivity index (χ3n) is 2.31. The Kier molecular flexibility index (Phi) is 2.94. The summed E-state index contributed by atoms with van der Waals surface area (Å²) in [6, 6.07) is 11.1. The molecule has 0 heterocycles. The molecule has 0 amide bonds. The maximum Gasteiger partial charge on any atom is 0.516 e. The Bertz CT molecular complexity index is 680. The fourth-order valence-electron chi connectivity index (χ4n) is 1.47. The van der Waals surface area contributed by atoms with Gasteiger partial charge >= 0.3 is 15.5 Å². The zero-order chi connectivity index (χ0) is 13.4. The Labute approximate surface area is 101 Å². The van der Waals surface area contributed by atoms with Crippen molar-refractivity contribution in [1.82, 2.24) is 0 Å². The fraction of sp³-hybridized carbons (Fsp3) is 0.0909. The van der Waals surface area contributed by atoms with E-state index in [2.05, 4.69) is 0 Å². The molecule has 0 aliphatic rings. The van der Waals surface area contributed by atoms with Crippen LogP contribution in [0.1, 0.15) is 0 Å². The minimum Gasteiger partial charge on any atom is -0.276 e. The summed E-state index contributed by atoms with van der Waals surface area (Å²) in [5, 5.41) is 1.47. The topological polar surface area (TPSA) is 46.2 Å². The molecule has 0 bridgehead atoms. The molecule has 0 spiro atoms. The van der Waals surface area contributed by atoms with Gasteiger partial charge in [-0.15, -0.1) is 0 Å². The molecule has 7 heteroatoms. The van der Waals surface area contributed by atoms with Gasteiger partial charge in [-0.3, -0.25) is 4.72 Å². The van der Waals surface area contributed by atoms with Crippen LogP contribution in [0, 0.1) is 0 Å². The number of fused-ring (bicyclic) bond motifs is 1. The molecule has 2 aromatic carbocycles. The van der Waals surface area contributed by atoms with Crippen molar-refractivity contribution in [3.8, 4) is 0 Å². The van der Waals surface area contributed by atoms with Gasteiger partial charge in [-0.25, -0.2) is 0 Å². The van der Waals surface area contributed by atoms with Crippen LogP contribution < -0.4 is 4.72 Å². The number of alkyl halides is 3. The molecule has 0 aromatic heterocycles. The third kappa shape index (κ3) is 2.40. The maximum atomic E-state index is 12.2. The lowest BCUT2D eigenvalue weighted by Crippen LogP contribution is -2.29. The highest BCUT2D eigenvalue weighted by Crippen LogP contribution is 2.26. The molecule has 3 nitrogen and oxygen atoms in total. The molecule has 0 saturated carbocycles. The Balaban J connectivity index is 2.39. The van der Waals surface area contributed by atoms with Gasteiger partial charge in [0.1, 0.15) is 0 Å². The molecular formula is C11H8F3NO2S. The van der Waals surface area contributed by atoms with Crippen LogP contribution in [0.5, 0.6) is 0 Å². The van der Waals surface area contributed by atoms with E-state index < -0.39 is 15.5 Å². The van der Waals surface area contributed by atoms with Gasteiger partial charge < -0.3 is 0 Å². The van der Waals surface area contributed by atoms with Crippen molar-refractivity contribution in [2.45, 2.75) is 5.51 Å². The first kappa shape index (κ1) is 12.7. The van der Waals surface area contributed by atoms with E-state index in [0.29, 0.717) is 5.39 Å². The van der Waals surface area contributed by atoms with E-state index in [1.54, 1.807) is 30.3 Å². The van der Waals surface area contributed by atoms with E-state index in [4.69, 9.17) is 0 Å². The van der Waals surface area contributed by atoms with E-state index >= 15 is 0 Å². The molecule has 96 valence electrons. The summed E-state index contributed by atoms with van der Waals surface area (Å²) in [6.07, 6.45) is 0. The van der Waals surface area contributed by atoms with Gasteiger partial charge in [0.25, 0.3) is 0 Å². The van der Waals surface area contributed by atoms with Crippen LogP contribution in [0.4, 0.5) is 18.9 Å². The largest absolute Gasteiger partial charge is 0.516 e. The lowest BCUT2D eigenvalue weighted by molar-refractivity contribution is -0.0429. The van der Waals surface area contributed by atoms with Crippen LogP contribution in [0.15, 0.2) is 42.5 Å². The van der Waals surface area contributed by atoms with Crippen LogP contribution in [0.25, 0.3) is 10.8 Å². The standard InChI is InChI=1S/C11H8F3NO2S/c12-11(13,14)18(16,17)15-10-6-5-8-3-1-2-4-9(8)7-10/h1-7,15H. The highest BCUT2D eigenvalue weighted by Gasteiger charge is 2.45. The van der Waals surface area contributed by atoms with Gasteiger partial charge in [0.2, 0.25) is 0 Å². The first-order valence-electron chi connectivity index (χ1n) is 4.87. The van der Waals surface area contributed by atoms with Crippen LogP contribution >= 0.6 is 0 Å². The summed E-state index contributed by atoms with van der Waals surface area (Å²) in [6.45, 7) is 0. The SMILES string of the molecule is O=S(=O)(Nc1ccc2ccccc2c1)C(F)(F)F. The van der Waals surface area contributed by atoms with Gasteiger partial charge in [0.05, 0.1) is 0 Å². The first-order chi connectivity index (χ1) is 8.29. The first-order valence-corrected chi connectivity index (χ1v) is 6.36. The van der Waals surface area contributed by atoms with Crippen molar-refractivity contribution < 1.29 is 21.6 Å². The summed E-state index contributed by atoms with van der Waals surface area (Å²) in [7, 11) is -5.37. The van der Waals surface area contributed by atoms with Crippen molar-refractivity contribution in [1.29, 1.82) is 0 Å². The predicted octanol–water partition coefficient (Wildman–Crippen LogP) is 3.10. The molecule has 0 radical (unpaired) electrons. The third-order valence-corrected chi connectivity index (χ3v) is 3.42. The number of nitrogens with one attached hydrogen (secondary N) is 1. The predicted molar refractivity (Wildman–Crippen MR) is 62.5 cm³/mol. The number of halogens is 3. The lowest BCUT2D eigenvalue weighted by atomic mass is 10.1. The second kappa shape index (κ2) is 4.16. The normalized spacial score (nSPS) is 12.6. The average Bonchev–Trinajstić information content (AvgIpc) is 2.27. The number of anilines is 1. The molecule has 1 N–H and O–H groups in total. The number of hydrogen-bond donors (Lipinski definition) is 1. The minimum atomic E-state index is -5.37. The van der Waals surface area contributed by atoms with E-state index in [9.17, 15) is 21.6 Å². The Hall–Kier alpha value is -1.76. The van der Waals surface area contributed by atoms with Crippen molar-refractivity contribution in [3.63, 3.8) is 0 Å². The van der Waals surface area contributed by atoms with E-state index in [1.807, 2.05) is 0 Å². The Morgan fingerprint density at radius 1 is 0.944 bits per heavy atom. The van der Waals surface area contributed by atoms with Crippen molar-refractivity contribution >= 4 is 26.5 Å². The molecule has 18 heavy (non-hydrogen) atoms. The van der Waals surface area contributed by atoms with E-state index in [1.165, 1.54) is 16.9 Å². The summed E-state index contributed by atoms with van der Waals surface area (Å²) in [5.74, 6) is 0. The number of sulfonamides is 1. The number of hydrogen-bond acceptors (Lipinski definition) is 2. The molecule has 0 atom stereocenters. The zero-order valence-corrected chi connectivity index (χ0v) is 9.72. The van der Waals surface area contributed by atoms with Crippen molar-refractivity contribution in [2.24, 2.45) is 0 Å². The maximum absolute atomic E-state index is 12.2. The highest BCUT2D eigenvalue weighted by molar-refractivity contribution is 7.93. The smallest absolute Gasteiger partial charge is 0.276 e. The Morgan fingerprint density at radius 3 is 2.17 bits per heavy atom. The monoisotopic (exact) mass is 275 g/mol. The van der Waals surface area contributed by atoms with Gasteiger partial charge in [0, 0.05) is 5.69 Å². The second-order valence-electron chi connectivity index (χ2n) is 3.61. The van der Waals surface area contributed by atoms with Gasteiger partial charge in [-0.2, -0.15) is 21.6 Å².